The van der Waals surface area contributed by atoms with Crippen molar-refractivity contribution in [1.29, 1.82) is 5.26 Å². The Labute approximate surface area is 267 Å². The minimum absolute atomic E-state index is 0.0765. The van der Waals surface area contributed by atoms with E-state index >= 15 is 4.39 Å². The number of aromatic nitrogens is 3. The number of amides is 1. The number of benzene rings is 2. The summed E-state index contributed by atoms with van der Waals surface area (Å²) >= 11 is 0. The fourth-order valence-corrected chi connectivity index (χ4v) is 6.32. The monoisotopic (exact) mass is 618 g/mol. The van der Waals surface area contributed by atoms with Gasteiger partial charge >= 0.3 is 0 Å². The number of rotatable bonds is 9. The molecule has 6 rings (SSSR count). The van der Waals surface area contributed by atoms with Crippen LogP contribution in [0.2, 0.25) is 0 Å². The number of Topliss-reactive ketones (excluding diaryl/α,β-unsaturated/α-hetero) is 2. The summed E-state index contributed by atoms with van der Waals surface area (Å²) < 4.78 is 16.8. The van der Waals surface area contributed by atoms with Gasteiger partial charge in [0.2, 0.25) is 0 Å². The predicted octanol–water partition coefficient (Wildman–Crippen LogP) is 5.31. The van der Waals surface area contributed by atoms with Gasteiger partial charge in [0, 0.05) is 68.2 Å². The molecule has 2 aliphatic rings. The third-order valence-corrected chi connectivity index (χ3v) is 9.08. The highest BCUT2D eigenvalue weighted by Crippen LogP contribution is 2.27. The summed E-state index contributed by atoms with van der Waals surface area (Å²) in [6.07, 6.45) is 5.63. The van der Waals surface area contributed by atoms with E-state index in [1.54, 1.807) is 40.0 Å². The Kier molecular flexibility index (Phi) is 9.41. The van der Waals surface area contributed by atoms with Crippen molar-refractivity contribution in [3.05, 3.63) is 113 Å². The molecule has 0 N–H and O–H groups in total. The molecule has 0 bridgehead atoms. The molecule has 46 heavy (non-hydrogen) atoms. The second-order valence-corrected chi connectivity index (χ2v) is 12.1. The van der Waals surface area contributed by atoms with Crippen LogP contribution in [0.1, 0.15) is 68.0 Å². The van der Waals surface area contributed by atoms with Gasteiger partial charge in [0.25, 0.3) is 5.91 Å². The van der Waals surface area contributed by atoms with Crippen molar-refractivity contribution in [2.24, 2.45) is 11.8 Å². The molecule has 234 valence electrons. The Bertz CT molecular complexity index is 1710. The van der Waals surface area contributed by atoms with E-state index in [2.05, 4.69) is 16.2 Å². The topological polar surface area (TPSA) is 112 Å². The molecule has 0 spiro atoms. The number of alkyl halides is 1. The second-order valence-electron chi connectivity index (χ2n) is 12.1. The fourth-order valence-electron chi connectivity index (χ4n) is 6.32. The van der Waals surface area contributed by atoms with Crippen molar-refractivity contribution in [3.63, 3.8) is 0 Å². The van der Waals surface area contributed by atoms with Crippen molar-refractivity contribution in [1.82, 2.24) is 24.6 Å². The van der Waals surface area contributed by atoms with Crippen molar-refractivity contribution < 1.29 is 18.8 Å². The van der Waals surface area contributed by atoms with Gasteiger partial charge in [-0.1, -0.05) is 12.1 Å². The average Bonchev–Trinajstić information content (AvgIpc) is 3.65. The maximum Gasteiger partial charge on any atom is 0.272 e. The largest absolute Gasteiger partial charge is 0.337 e. The standard InChI is InChI=1S/C36H35FN6O3/c37-32-24-41(23-26-4-2-25(21-38)3-5-26)17-12-29(32)20-34(44)30-8-11-33(39-22-30)36(46)42-18-13-28(14-19-42)35(45)27-6-9-31(10-7-27)43-16-1-15-40-43/h1-11,15-16,22,28-29,32H,12-14,17-20,23-24H2/t29?,32-/m1/s1. The van der Waals surface area contributed by atoms with Crippen LogP contribution in [-0.2, 0) is 6.54 Å². The Morgan fingerprint density at radius 3 is 2.28 bits per heavy atom. The number of pyridine rings is 1. The number of ketones is 2. The first-order chi connectivity index (χ1) is 22.4. The molecular weight excluding hydrogens is 583 g/mol. The van der Waals surface area contributed by atoms with Gasteiger partial charge in [0.05, 0.1) is 17.3 Å². The van der Waals surface area contributed by atoms with Gasteiger partial charge in [-0.05, 0) is 91.9 Å². The molecule has 2 aromatic carbocycles. The summed E-state index contributed by atoms with van der Waals surface area (Å²) in [7, 11) is 0. The van der Waals surface area contributed by atoms with E-state index < -0.39 is 6.17 Å². The fraction of sp³-hybridized carbons (Fsp3) is 0.333. The van der Waals surface area contributed by atoms with E-state index in [9.17, 15) is 14.4 Å². The molecule has 9 nitrogen and oxygen atoms in total. The van der Waals surface area contributed by atoms with Crippen LogP contribution in [0.5, 0.6) is 0 Å². The van der Waals surface area contributed by atoms with Crippen LogP contribution >= 0.6 is 0 Å². The maximum absolute atomic E-state index is 15.1. The first-order valence-electron chi connectivity index (χ1n) is 15.7. The van der Waals surface area contributed by atoms with Crippen LogP contribution in [0.3, 0.4) is 0 Å². The summed E-state index contributed by atoms with van der Waals surface area (Å²) in [5, 5.41) is 13.2. The molecule has 2 fully saturated rings. The highest BCUT2D eigenvalue weighted by atomic mass is 19.1. The Morgan fingerprint density at radius 1 is 0.913 bits per heavy atom. The van der Waals surface area contributed by atoms with E-state index in [0.29, 0.717) is 62.1 Å². The zero-order chi connectivity index (χ0) is 32.0. The zero-order valence-corrected chi connectivity index (χ0v) is 25.5. The number of carbonyl (C=O) groups excluding carboxylic acids is 3. The van der Waals surface area contributed by atoms with Gasteiger partial charge in [0.15, 0.2) is 11.6 Å². The SMILES string of the molecule is N#Cc1ccc(CN2CCC(CC(=O)c3ccc(C(=O)N4CCC(C(=O)c5ccc(-n6cccn6)cc5)CC4)nc3)[C@H](F)C2)cc1. The minimum atomic E-state index is -1.12. The number of likely N-dealkylation sites (tertiary alicyclic amines) is 2. The number of nitrogens with zero attached hydrogens (tertiary/aromatic N) is 6. The zero-order valence-electron chi connectivity index (χ0n) is 25.5. The van der Waals surface area contributed by atoms with E-state index in [1.165, 1.54) is 6.20 Å². The van der Waals surface area contributed by atoms with Crippen LogP contribution in [0.25, 0.3) is 5.69 Å². The van der Waals surface area contributed by atoms with E-state index in [-0.39, 0.29) is 48.0 Å². The van der Waals surface area contributed by atoms with Gasteiger partial charge in [-0.3, -0.25) is 24.3 Å². The molecule has 0 aliphatic carbocycles. The first-order valence-corrected chi connectivity index (χ1v) is 15.7. The van der Waals surface area contributed by atoms with E-state index in [0.717, 1.165) is 11.3 Å². The van der Waals surface area contributed by atoms with Crippen molar-refractivity contribution in [2.75, 3.05) is 26.2 Å². The molecule has 1 unspecified atom stereocenters. The molecule has 1 amide bonds. The van der Waals surface area contributed by atoms with Crippen molar-refractivity contribution in [3.8, 4) is 11.8 Å². The lowest BCUT2D eigenvalue weighted by molar-refractivity contribution is 0.0644. The number of halogens is 1. The van der Waals surface area contributed by atoms with Gasteiger partial charge in [-0.25, -0.2) is 9.07 Å². The lowest BCUT2D eigenvalue weighted by Crippen LogP contribution is -2.42. The van der Waals surface area contributed by atoms with Crippen LogP contribution in [0.4, 0.5) is 4.39 Å². The lowest BCUT2D eigenvalue weighted by Gasteiger charge is -2.34. The van der Waals surface area contributed by atoms with E-state index in [1.807, 2.05) is 53.6 Å². The molecule has 0 saturated carbocycles. The minimum Gasteiger partial charge on any atom is -0.337 e. The average molecular weight is 619 g/mol. The molecule has 10 heteroatoms. The number of carbonyl (C=O) groups is 3. The quantitative estimate of drug-likeness (QED) is 0.234. The van der Waals surface area contributed by atoms with Gasteiger partial charge < -0.3 is 4.90 Å². The number of hydrogen-bond donors (Lipinski definition) is 0. The maximum atomic E-state index is 15.1. The van der Waals surface area contributed by atoms with Crippen LogP contribution in [0.15, 0.2) is 85.3 Å². The predicted molar refractivity (Wildman–Crippen MR) is 169 cm³/mol. The number of hydrogen-bond acceptors (Lipinski definition) is 7. The number of nitriles is 1. The molecular formula is C36H35FN6O3. The summed E-state index contributed by atoms with van der Waals surface area (Å²) in [4.78, 5) is 47.3. The van der Waals surface area contributed by atoms with Gasteiger partial charge in [-0.2, -0.15) is 10.4 Å². The summed E-state index contributed by atoms with van der Waals surface area (Å²) in [5.41, 5.74) is 3.76. The third-order valence-electron chi connectivity index (χ3n) is 9.08. The van der Waals surface area contributed by atoms with Crippen LogP contribution < -0.4 is 0 Å². The Hall–Kier alpha value is -5.01. The molecule has 2 atom stereocenters. The summed E-state index contributed by atoms with van der Waals surface area (Å²) in [6.45, 7) is 2.44. The molecule has 0 radical (unpaired) electrons. The van der Waals surface area contributed by atoms with Crippen molar-refractivity contribution in [2.45, 2.75) is 38.4 Å². The molecule has 2 saturated heterocycles. The Morgan fingerprint density at radius 2 is 1.65 bits per heavy atom. The van der Waals surface area contributed by atoms with Crippen LogP contribution in [0, 0.1) is 23.2 Å². The van der Waals surface area contributed by atoms with Crippen molar-refractivity contribution >= 4 is 17.5 Å². The molecule has 2 aliphatic heterocycles. The highest BCUT2D eigenvalue weighted by Gasteiger charge is 2.32. The number of piperidine rings is 2. The normalized spacial score (nSPS) is 19.0. The summed E-state index contributed by atoms with van der Waals surface area (Å²) in [5.74, 6) is -0.865. The lowest BCUT2D eigenvalue weighted by atomic mass is 9.88. The second kappa shape index (κ2) is 14.0. The van der Waals surface area contributed by atoms with E-state index in [4.69, 9.17) is 5.26 Å². The molecule has 4 heterocycles. The molecule has 4 aromatic rings. The third kappa shape index (κ3) is 7.11. The highest BCUT2D eigenvalue weighted by molar-refractivity contribution is 5.99. The van der Waals surface area contributed by atoms with Crippen LogP contribution in [-0.4, -0.2) is 74.4 Å². The smallest absolute Gasteiger partial charge is 0.272 e. The first kappa shape index (κ1) is 31.0. The van der Waals surface area contributed by atoms with Gasteiger partial charge in [-0.15, -0.1) is 0 Å². The summed E-state index contributed by atoms with van der Waals surface area (Å²) in [6, 6.07) is 21.8. The van der Waals surface area contributed by atoms with Gasteiger partial charge in [0.1, 0.15) is 11.9 Å². The Balaban J connectivity index is 0.964. The molecule has 2 aromatic heterocycles.